The molecule has 0 fully saturated rings. The molecule has 0 aliphatic heterocycles. The van der Waals surface area contributed by atoms with E-state index in [-0.39, 0.29) is 22.7 Å². The summed E-state index contributed by atoms with van der Waals surface area (Å²) in [4.78, 5) is 26.7. The Morgan fingerprint density at radius 2 is 2.04 bits per heavy atom. The van der Waals surface area contributed by atoms with Crippen molar-refractivity contribution in [2.75, 3.05) is 13.3 Å². The second-order valence-electron chi connectivity index (χ2n) is 5.58. The second-order valence-corrected chi connectivity index (χ2v) is 6.76. The molecule has 3 rings (SSSR count). The molecule has 9 heteroatoms. The van der Waals surface area contributed by atoms with E-state index >= 15 is 0 Å². The molecular weight excluding hydrogens is 372 g/mol. The fourth-order valence-corrected chi connectivity index (χ4v) is 2.93. The van der Waals surface area contributed by atoms with E-state index in [2.05, 4.69) is 20.1 Å². The average Bonchev–Trinajstić information content (AvgIpc) is 3.21. The zero-order valence-electron chi connectivity index (χ0n) is 14.5. The molecule has 26 heavy (non-hydrogen) atoms. The maximum atomic E-state index is 12.8. The summed E-state index contributed by atoms with van der Waals surface area (Å²) in [7, 11) is 1.73. The van der Waals surface area contributed by atoms with E-state index in [1.165, 1.54) is 24.3 Å². The van der Waals surface area contributed by atoms with E-state index in [0.717, 1.165) is 11.3 Å². The molecule has 0 radical (unpaired) electrons. The van der Waals surface area contributed by atoms with Crippen LogP contribution in [-0.2, 0) is 0 Å². The molecule has 0 bridgehead atoms. The van der Waals surface area contributed by atoms with Crippen molar-refractivity contribution in [3.8, 4) is 5.69 Å². The van der Waals surface area contributed by atoms with Crippen LogP contribution in [0.1, 0.15) is 29.0 Å². The lowest BCUT2D eigenvalue weighted by atomic mass is 10.1. The monoisotopic (exact) mass is 388 g/mol. The minimum absolute atomic E-state index is 0.156. The first-order valence-electron chi connectivity index (χ1n) is 7.80. The first kappa shape index (κ1) is 18.3. The summed E-state index contributed by atoms with van der Waals surface area (Å²) in [6.07, 6.45) is 6.42. The van der Waals surface area contributed by atoms with E-state index in [0.29, 0.717) is 5.16 Å². The Morgan fingerprint density at radius 3 is 2.65 bits per heavy atom. The zero-order chi connectivity index (χ0) is 18.7. The van der Waals surface area contributed by atoms with Crippen molar-refractivity contribution in [2.45, 2.75) is 18.1 Å². The summed E-state index contributed by atoms with van der Waals surface area (Å²) in [5, 5.41) is 4.85. The fourth-order valence-electron chi connectivity index (χ4n) is 2.41. The van der Waals surface area contributed by atoms with E-state index in [1.54, 1.807) is 23.0 Å². The number of benzene rings is 1. The molecule has 1 atom stereocenters. The molecule has 134 valence electrons. The van der Waals surface area contributed by atoms with Crippen molar-refractivity contribution < 1.29 is 4.79 Å². The third-order valence-electron chi connectivity index (χ3n) is 4.07. The molecule has 3 aromatic rings. The summed E-state index contributed by atoms with van der Waals surface area (Å²) in [6, 6.07) is 7.63. The van der Waals surface area contributed by atoms with Crippen molar-refractivity contribution in [1.29, 1.82) is 0 Å². The van der Waals surface area contributed by atoms with Crippen LogP contribution in [0.15, 0.2) is 48.3 Å². The van der Waals surface area contributed by atoms with Gasteiger partial charge in [-0.25, -0.2) is 19.6 Å². The molecule has 0 aliphatic carbocycles. The van der Waals surface area contributed by atoms with E-state index in [9.17, 15) is 4.79 Å². The van der Waals surface area contributed by atoms with Crippen molar-refractivity contribution in [3.63, 3.8) is 0 Å². The predicted octanol–water partition coefficient (Wildman–Crippen LogP) is 3.27. The van der Waals surface area contributed by atoms with Crippen LogP contribution in [0.2, 0.25) is 5.02 Å². The van der Waals surface area contributed by atoms with Crippen LogP contribution in [0.3, 0.4) is 0 Å². The lowest BCUT2D eigenvalue weighted by Gasteiger charge is -2.25. The number of hydrogen-bond acceptors (Lipinski definition) is 6. The highest BCUT2D eigenvalue weighted by atomic mass is 35.5. The van der Waals surface area contributed by atoms with Gasteiger partial charge < -0.3 is 4.90 Å². The molecule has 2 heterocycles. The fraction of sp³-hybridized carbons (Fsp3) is 0.235. The highest BCUT2D eigenvalue weighted by Gasteiger charge is 2.23. The van der Waals surface area contributed by atoms with Gasteiger partial charge >= 0.3 is 0 Å². The van der Waals surface area contributed by atoms with Gasteiger partial charge in [0.15, 0.2) is 10.9 Å². The van der Waals surface area contributed by atoms with Crippen LogP contribution in [0, 0.1) is 0 Å². The van der Waals surface area contributed by atoms with Crippen LogP contribution >= 0.6 is 23.4 Å². The number of hydrogen-bond donors (Lipinski definition) is 0. The number of carbonyl (C=O) groups is 1. The molecule has 0 saturated carbocycles. The molecule has 0 N–H and O–H groups in total. The Balaban J connectivity index is 1.81. The Labute approximate surface area is 160 Å². The lowest BCUT2D eigenvalue weighted by Crippen LogP contribution is -2.30. The van der Waals surface area contributed by atoms with Gasteiger partial charge in [-0.1, -0.05) is 35.5 Å². The lowest BCUT2D eigenvalue weighted by molar-refractivity contribution is 0.0736. The van der Waals surface area contributed by atoms with Gasteiger partial charge in [0, 0.05) is 7.05 Å². The third-order valence-corrected chi connectivity index (χ3v) is 4.91. The minimum atomic E-state index is -0.249. The van der Waals surface area contributed by atoms with E-state index in [1.807, 2.05) is 37.4 Å². The van der Waals surface area contributed by atoms with Crippen LogP contribution in [0.5, 0.6) is 0 Å². The number of amides is 1. The van der Waals surface area contributed by atoms with E-state index < -0.39 is 0 Å². The Hall–Kier alpha value is -2.45. The van der Waals surface area contributed by atoms with Gasteiger partial charge in [-0.3, -0.25) is 4.79 Å². The predicted molar refractivity (Wildman–Crippen MR) is 101 cm³/mol. The summed E-state index contributed by atoms with van der Waals surface area (Å²) >= 11 is 7.48. The van der Waals surface area contributed by atoms with Crippen molar-refractivity contribution in [3.05, 3.63) is 59.4 Å². The number of halogens is 1. The summed E-state index contributed by atoms with van der Waals surface area (Å²) in [5.41, 5.74) is 2.09. The van der Waals surface area contributed by atoms with Gasteiger partial charge in [0.2, 0.25) is 0 Å². The quantitative estimate of drug-likeness (QED) is 0.493. The normalized spacial score (nSPS) is 12.0. The third kappa shape index (κ3) is 3.71. The molecule has 0 saturated heterocycles. The van der Waals surface area contributed by atoms with Gasteiger partial charge in [0.1, 0.15) is 12.7 Å². The summed E-state index contributed by atoms with van der Waals surface area (Å²) in [6.45, 7) is 1.95. The van der Waals surface area contributed by atoms with Crippen molar-refractivity contribution in [1.82, 2.24) is 29.6 Å². The average molecular weight is 389 g/mol. The smallest absolute Gasteiger partial charge is 0.274 e. The Kier molecular flexibility index (Phi) is 5.53. The maximum Gasteiger partial charge on any atom is 0.274 e. The SMILES string of the molecule is CSc1ncc(Cl)c(C(=O)N(C)[C@H](C)c2ccc(-n3cncn3)cc2)n1. The molecule has 0 unspecified atom stereocenters. The first-order chi connectivity index (χ1) is 12.5. The maximum absolute atomic E-state index is 12.8. The number of nitrogens with zero attached hydrogens (tertiary/aromatic N) is 6. The molecule has 0 spiro atoms. The largest absolute Gasteiger partial charge is 0.334 e. The molecule has 7 nitrogen and oxygen atoms in total. The number of aromatic nitrogens is 5. The van der Waals surface area contributed by atoms with Gasteiger partial charge in [0.25, 0.3) is 5.91 Å². The highest BCUT2D eigenvalue weighted by molar-refractivity contribution is 7.98. The topological polar surface area (TPSA) is 76.8 Å². The number of carbonyl (C=O) groups excluding carboxylic acids is 1. The van der Waals surface area contributed by atoms with E-state index in [4.69, 9.17) is 11.6 Å². The molecule has 2 aromatic heterocycles. The minimum Gasteiger partial charge on any atom is -0.334 e. The number of rotatable bonds is 5. The van der Waals surface area contributed by atoms with Gasteiger partial charge in [0.05, 0.1) is 22.9 Å². The van der Waals surface area contributed by atoms with Crippen LogP contribution in [0.25, 0.3) is 5.69 Å². The Bertz CT molecular complexity index is 900. The second kappa shape index (κ2) is 7.84. The number of thioether (sulfide) groups is 1. The van der Waals surface area contributed by atoms with Crippen molar-refractivity contribution >= 4 is 29.3 Å². The zero-order valence-corrected chi connectivity index (χ0v) is 16.1. The van der Waals surface area contributed by atoms with Crippen molar-refractivity contribution in [2.24, 2.45) is 0 Å². The highest BCUT2D eigenvalue weighted by Crippen LogP contribution is 2.24. The first-order valence-corrected chi connectivity index (χ1v) is 9.40. The molecule has 0 aliphatic rings. The molecule has 1 amide bonds. The standard InChI is InChI=1S/C17H17ClN6OS/c1-11(12-4-6-13(7-5-12)24-10-19-9-21-24)23(2)16(25)15-14(18)8-20-17(22-15)26-3/h4-11H,1-3H3/t11-/m1/s1. The van der Waals surface area contributed by atoms with Crippen LogP contribution < -0.4 is 0 Å². The van der Waals surface area contributed by atoms with Crippen LogP contribution in [0.4, 0.5) is 0 Å². The molecule has 1 aromatic carbocycles. The Morgan fingerprint density at radius 1 is 1.31 bits per heavy atom. The van der Waals surface area contributed by atoms with Gasteiger partial charge in [-0.15, -0.1) is 0 Å². The van der Waals surface area contributed by atoms with Gasteiger partial charge in [-0.05, 0) is 30.9 Å². The van der Waals surface area contributed by atoms with Gasteiger partial charge in [-0.2, -0.15) is 5.10 Å². The summed E-state index contributed by atoms with van der Waals surface area (Å²) < 4.78 is 1.67. The van der Waals surface area contributed by atoms with Crippen LogP contribution in [-0.4, -0.2) is 48.8 Å². The summed E-state index contributed by atoms with van der Waals surface area (Å²) in [5.74, 6) is -0.249. The molecular formula is C17H17ClN6OS.